The van der Waals surface area contributed by atoms with E-state index in [0.29, 0.717) is 0 Å². The third kappa shape index (κ3) is 0.816. The first-order chi connectivity index (χ1) is 4.88. The summed E-state index contributed by atoms with van der Waals surface area (Å²) >= 11 is 3.50. The fourth-order valence-corrected chi connectivity index (χ4v) is 1.79. The van der Waals surface area contributed by atoms with Crippen molar-refractivity contribution < 1.29 is 0 Å². The van der Waals surface area contributed by atoms with Crippen LogP contribution in [0.2, 0.25) is 0 Å². The molecule has 1 aliphatic carbocycles. The van der Waals surface area contributed by atoms with Crippen molar-refractivity contribution in [1.29, 1.82) is 0 Å². The zero-order valence-electron chi connectivity index (χ0n) is 5.47. The van der Waals surface area contributed by atoms with Gasteiger partial charge in [0.25, 0.3) is 0 Å². The first-order valence-electron chi connectivity index (χ1n) is 3.32. The van der Waals surface area contributed by atoms with Crippen LogP contribution in [0.25, 0.3) is 6.08 Å². The summed E-state index contributed by atoms with van der Waals surface area (Å²) in [7, 11) is 0. The number of hydrogen-bond acceptors (Lipinski definition) is 0. The van der Waals surface area contributed by atoms with Gasteiger partial charge in [0.15, 0.2) is 0 Å². The zero-order chi connectivity index (χ0) is 6.97. The van der Waals surface area contributed by atoms with Gasteiger partial charge in [0, 0.05) is 4.47 Å². The van der Waals surface area contributed by atoms with E-state index in [1.165, 1.54) is 15.6 Å². The Kier molecular flexibility index (Phi) is 1.38. The largest absolute Gasteiger partial charge is 0.0795 e. The van der Waals surface area contributed by atoms with Gasteiger partial charge in [0.05, 0.1) is 0 Å². The lowest BCUT2D eigenvalue weighted by Gasteiger charge is -1.98. The third-order valence-electron chi connectivity index (χ3n) is 1.77. The minimum atomic E-state index is 1.09. The minimum absolute atomic E-state index is 1.09. The van der Waals surface area contributed by atoms with E-state index in [0.717, 1.165) is 6.42 Å². The Labute approximate surface area is 68.7 Å². The molecule has 1 aliphatic rings. The number of benzene rings is 1. The minimum Gasteiger partial charge on any atom is -0.0795 e. The Morgan fingerprint density at radius 3 is 3.00 bits per heavy atom. The van der Waals surface area contributed by atoms with E-state index in [2.05, 4.69) is 46.3 Å². The summed E-state index contributed by atoms with van der Waals surface area (Å²) in [5.74, 6) is 0. The predicted molar refractivity (Wildman–Crippen MR) is 46.9 cm³/mol. The van der Waals surface area contributed by atoms with Crippen molar-refractivity contribution in [1.82, 2.24) is 0 Å². The summed E-state index contributed by atoms with van der Waals surface area (Å²) in [6.07, 6.45) is 5.45. The van der Waals surface area contributed by atoms with E-state index in [1.54, 1.807) is 0 Å². The third-order valence-corrected chi connectivity index (χ3v) is 2.46. The molecule has 0 amide bonds. The SMILES string of the molecule is Brc1cccc2c1C=CC2. The van der Waals surface area contributed by atoms with Crippen LogP contribution in [0.1, 0.15) is 11.1 Å². The highest BCUT2D eigenvalue weighted by atomic mass is 79.9. The van der Waals surface area contributed by atoms with Crippen LogP contribution in [0.4, 0.5) is 0 Å². The molecule has 50 valence electrons. The average molecular weight is 195 g/mol. The normalized spacial score (nSPS) is 13.7. The molecule has 0 heterocycles. The van der Waals surface area contributed by atoms with E-state index >= 15 is 0 Å². The molecule has 0 aliphatic heterocycles. The van der Waals surface area contributed by atoms with E-state index in [-0.39, 0.29) is 0 Å². The molecule has 0 nitrogen and oxygen atoms in total. The van der Waals surface area contributed by atoms with Gasteiger partial charge in [-0.15, -0.1) is 0 Å². The molecule has 0 spiro atoms. The quantitative estimate of drug-likeness (QED) is 0.596. The molecule has 10 heavy (non-hydrogen) atoms. The Balaban J connectivity index is 2.67. The maximum atomic E-state index is 3.50. The molecule has 0 atom stereocenters. The standard InChI is InChI=1S/C9H7Br/c10-9-6-2-4-7-3-1-5-8(7)9/h1-2,4-6H,3H2. The Morgan fingerprint density at radius 2 is 2.20 bits per heavy atom. The molecule has 0 aromatic heterocycles. The summed E-state index contributed by atoms with van der Waals surface area (Å²) < 4.78 is 1.21. The van der Waals surface area contributed by atoms with Crippen molar-refractivity contribution in [3.05, 3.63) is 39.9 Å². The predicted octanol–water partition coefficient (Wildman–Crippen LogP) is 3.02. The number of halogens is 1. The van der Waals surface area contributed by atoms with Crippen molar-refractivity contribution in [2.24, 2.45) is 0 Å². The topological polar surface area (TPSA) is 0 Å². The Bertz CT molecular complexity index is 287. The first-order valence-corrected chi connectivity index (χ1v) is 4.11. The van der Waals surface area contributed by atoms with Crippen LogP contribution in [-0.2, 0) is 6.42 Å². The van der Waals surface area contributed by atoms with Gasteiger partial charge in [-0.25, -0.2) is 0 Å². The second-order valence-corrected chi connectivity index (χ2v) is 3.27. The lowest BCUT2D eigenvalue weighted by molar-refractivity contribution is 1.30. The molecule has 1 aromatic rings. The van der Waals surface area contributed by atoms with Crippen LogP contribution in [0.5, 0.6) is 0 Å². The van der Waals surface area contributed by atoms with Gasteiger partial charge in [-0.1, -0.05) is 40.2 Å². The second kappa shape index (κ2) is 2.24. The monoisotopic (exact) mass is 194 g/mol. The molecule has 0 radical (unpaired) electrons. The van der Waals surface area contributed by atoms with E-state index in [4.69, 9.17) is 0 Å². The van der Waals surface area contributed by atoms with Gasteiger partial charge in [0.2, 0.25) is 0 Å². The molecule has 0 saturated heterocycles. The lowest BCUT2D eigenvalue weighted by atomic mass is 10.1. The lowest BCUT2D eigenvalue weighted by Crippen LogP contribution is -1.80. The van der Waals surface area contributed by atoms with Crippen molar-refractivity contribution in [3.63, 3.8) is 0 Å². The molecule has 0 unspecified atom stereocenters. The van der Waals surface area contributed by atoms with Crippen LogP contribution in [0.3, 0.4) is 0 Å². The Morgan fingerprint density at radius 1 is 1.30 bits per heavy atom. The fourth-order valence-electron chi connectivity index (χ4n) is 1.25. The summed E-state index contributed by atoms with van der Waals surface area (Å²) in [4.78, 5) is 0. The highest BCUT2D eigenvalue weighted by Crippen LogP contribution is 2.26. The molecule has 1 heteroatoms. The Hall–Kier alpha value is -0.560. The average Bonchev–Trinajstić information content (AvgIpc) is 2.36. The van der Waals surface area contributed by atoms with Gasteiger partial charge in [0.1, 0.15) is 0 Å². The summed E-state index contributed by atoms with van der Waals surface area (Å²) in [5, 5.41) is 0. The van der Waals surface area contributed by atoms with E-state index < -0.39 is 0 Å². The van der Waals surface area contributed by atoms with E-state index in [9.17, 15) is 0 Å². The van der Waals surface area contributed by atoms with Crippen LogP contribution in [-0.4, -0.2) is 0 Å². The van der Waals surface area contributed by atoms with Crippen molar-refractivity contribution >= 4 is 22.0 Å². The molecule has 1 aromatic carbocycles. The van der Waals surface area contributed by atoms with Gasteiger partial charge < -0.3 is 0 Å². The first kappa shape index (κ1) is 6.17. The molecule has 2 rings (SSSR count). The number of hydrogen-bond donors (Lipinski definition) is 0. The number of allylic oxidation sites excluding steroid dienone is 1. The van der Waals surface area contributed by atoms with Crippen LogP contribution < -0.4 is 0 Å². The number of fused-ring (bicyclic) bond motifs is 1. The molecule has 0 fully saturated rings. The van der Waals surface area contributed by atoms with Crippen LogP contribution in [0, 0.1) is 0 Å². The number of rotatable bonds is 0. The molecule has 0 saturated carbocycles. The highest BCUT2D eigenvalue weighted by Gasteiger charge is 2.05. The molecular formula is C9H7Br. The molecule has 0 N–H and O–H groups in total. The summed E-state index contributed by atoms with van der Waals surface area (Å²) in [6, 6.07) is 6.32. The smallest absolute Gasteiger partial charge is 0.0250 e. The summed E-state index contributed by atoms with van der Waals surface area (Å²) in [6.45, 7) is 0. The van der Waals surface area contributed by atoms with E-state index in [1.807, 2.05) is 0 Å². The maximum absolute atomic E-state index is 3.50. The fraction of sp³-hybridized carbons (Fsp3) is 0.111. The zero-order valence-corrected chi connectivity index (χ0v) is 7.06. The second-order valence-electron chi connectivity index (χ2n) is 2.42. The maximum Gasteiger partial charge on any atom is 0.0250 e. The molecular weight excluding hydrogens is 188 g/mol. The van der Waals surface area contributed by atoms with Crippen molar-refractivity contribution in [3.8, 4) is 0 Å². The van der Waals surface area contributed by atoms with Crippen molar-refractivity contribution in [2.45, 2.75) is 6.42 Å². The van der Waals surface area contributed by atoms with Gasteiger partial charge in [-0.3, -0.25) is 0 Å². The van der Waals surface area contributed by atoms with Gasteiger partial charge >= 0.3 is 0 Å². The van der Waals surface area contributed by atoms with Gasteiger partial charge in [-0.05, 0) is 23.6 Å². The van der Waals surface area contributed by atoms with Crippen LogP contribution in [0.15, 0.2) is 28.7 Å². The highest BCUT2D eigenvalue weighted by molar-refractivity contribution is 9.10. The van der Waals surface area contributed by atoms with Crippen LogP contribution >= 0.6 is 15.9 Å². The summed E-state index contributed by atoms with van der Waals surface area (Å²) in [5.41, 5.74) is 2.77. The van der Waals surface area contributed by atoms with Crippen molar-refractivity contribution in [2.75, 3.05) is 0 Å². The van der Waals surface area contributed by atoms with Gasteiger partial charge in [-0.2, -0.15) is 0 Å². The molecule has 0 bridgehead atoms.